The quantitative estimate of drug-likeness (QED) is 0.133. The molecule has 0 unspecified atom stereocenters. The van der Waals surface area contributed by atoms with Crippen molar-refractivity contribution in [2.45, 2.75) is 47.7 Å². The fraction of sp³-hybridized carbons (Fsp3) is 0.292. The molecule has 1 aliphatic heterocycles. The number of fused-ring (bicyclic) bond motifs is 1. The molecule has 4 amide bonds. The van der Waals surface area contributed by atoms with E-state index in [1.807, 2.05) is 24.3 Å². The molecular weight excluding hydrogens is 484 g/mol. The van der Waals surface area contributed by atoms with E-state index in [2.05, 4.69) is 10.3 Å². The number of H-pyrrole nitrogens is 1. The van der Waals surface area contributed by atoms with Crippen LogP contribution in [-0.2, 0) is 16.0 Å². The van der Waals surface area contributed by atoms with Crippen molar-refractivity contribution in [2.75, 3.05) is 6.54 Å². The Morgan fingerprint density at radius 2 is 1.86 bits per heavy atom. The van der Waals surface area contributed by atoms with Crippen molar-refractivity contribution in [2.24, 2.45) is 11.5 Å². The van der Waals surface area contributed by atoms with Gasteiger partial charge >= 0.3 is 6.03 Å². The third-order valence-corrected chi connectivity index (χ3v) is 7.20. The van der Waals surface area contributed by atoms with Gasteiger partial charge in [-0.3, -0.25) is 19.7 Å². The number of nitro groups is 1. The van der Waals surface area contributed by atoms with Crippen molar-refractivity contribution in [1.82, 2.24) is 15.2 Å². The Morgan fingerprint density at radius 1 is 1.14 bits per heavy atom. The van der Waals surface area contributed by atoms with Crippen molar-refractivity contribution in [3.8, 4) is 0 Å². The first-order chi connectivity index (χ1) is 17.3. The first kappa shape index (κ1) is 25.2. The van der Waals surface area contributed by atoms with Crippen LogP contribution in [0.2, 0.25) is 0 Å². The van der Waals surface area contributed by atoms with Crippen LogP contribution in [0.4, 0.5) is 10.5 Å². The lowest BCUT2D eigenvalue weighted by atomic mass is 10.0. The number of nitro benzene ring substituents is 1. The third-order valence-electron chi connectivity index (χ3n) is 6.08. The number of hydrogen-bond acceptors (Lipinski definition) is 7. The first-order valence-corrected chi connectivity index (χ1v) is 12.3. The zero-order chi connectivity index (χ0) is 25.8. The number of aromatic amines is 1. The van der Waals surface area contributed by atoms with Gasteiger partial charge in [0.05, 0.1) is 14.8 Å². The average molecular weight is 511 g/mol. The molecule has 1 saturated heterocycles. The normalized spacial score (nSPS) is 16.4. The second-order valence-corrected chi connectivity index (χ2v) is 9.47. The second-order valence-electron chi connectivity index (χ2n) is 8.42. The average Bonchev–Trinajstić information content (AvgIpc) is 3.33. The number of aromatic nitrogens is 1. The number of unbranched alkanes of at least 4 members (excludes halogenated alkanes) is 1. The van der Waals surface area contributed by atoms with E-state index >= 15 is 0 Å². The fourth-order valence-electron chi connectivity index (χ4n) is 4.31. The summed E-state index contributed by atoms with van der Waals surface area (Å²) < 4.78 is 0. The number of nitrogens with two attached hydrogens (primary N) is 2. The number of urea groups is 1. The van der Waals surface area contributed by atoms with E-state index in [4.69, 9.17) is 11.5 Å². The van der Waals surface area contributed by atoms with E-state index < -0.39 is 34.9 Å². The molecule has 12 heteroatoms. The first-order valence-electron chi connectivity index (χ1n) is 11.5. The highest BCUT2D eigenvalue weighted by Crippen LogP contribution is 2.39. The number of nitrogens with zero attached hydrogens (tertiary/aromatic N) is 2. The summed E-state index contributed by atoms with van der Waals surface area (Å²) in [5, 5.41) is 15.5. The Bertz CT molecular complexity index is 1330. The van der Waals surface area contributed by atoms with Crippen molar-refractivity contribution in [1.29, 1.82) is 0 Å². The lowest BCUT2D eigenvalue weighted by Gasteiger charge is -2.23. The van der Waals surface area contributed by atoms with E-state index in [0.29, 0.717) is 41.3 Å². The van der Waals surface area contributed by atoms with Crippen LogP contribution in [-0.4, -0.2) is 51.3 Å². The molecular formula is C24H26N6O5S. The van der Waals surface area contributed by atoms with Crippen molar-refractivity contribution in [3.05, 3.63) is 64.2 Å². The van der Waals surface area contributed by atoms with Gasteiger partial charge in [0.15, 0.2) is 0 Å². The van der Waals surface area contributed by atoms with Crippen LogP contribution in [0.3, 0.4) is 0 Å². The van der Waals surface area contributed by atoms with Gasteiger partial charge in [0, 0.05) is 23.4 Å². The predicted molar refractivity (Wildman–Crippen MR) is 134 cm³/mol. The summed E-state index contributed by atoms with van der Waals surface area (Å²) in [5.74, 6) is -1.33. The van der Waals surface area contributed by atoms with Gasteiger partial charge in [-0.2, -0.15) is 0 Å². The topological polar surface area (TPSA) is 177 Å². The van der Waals surface area contributed by atoms with Crippen molar-refractivity contribution >= 4 is 46.2 Å². The largest absolute Gasteiger partial charge is 0.368 e. The lowest BCUT2D eigenvalue weighted by molar-refractivity contribution is -0.387. The molecule has 3 aromatic rings. The summed E-state index contributed by atoms with van der Waals surface area (Å²) in [6.07, 6.45) is 1.73. The number of benzene rings is 2. The monoisotopic (exact) mass is 510 g/mol. The number of imide groups is 1. The van der Waals surface area contributed by atoms with E-state index in [-0.39, 0.29) is 12.1 Å². The minimum absolute atomic E-state index is 0.0447. The van der Waals surface area contributed by atoms with Crippen LogP contribution in [0, 0.1) is 10.1 Å². The highest BCUT2D eigenvalue weighted by atomic mass is 32.2. The van der Waals surface area contributed by atoms with Gasteiger partial charge < -0.3 is 21.8 Å². The molecule has 1 fully saturated rings. The highest BCUT2D eigenvalue weighted by Gasteiger charge is 2.44. The summed E-state index contributed by atoms with van der Waals surface area (Å²) in [7, 11) is 0. The number of para-hydroxylation sites is 2. The minimum Gasteiger partial charge on any atom is -0.368 e. The molecule has 0 bridgehead atoms. The number of rotatable bonds is 11. The second kappa shape index (κ2) is 10.8. The van der Waals surface area contributed by atoms with E-state index in [1.54, 1.807) is 18.2 Å². The zero-order valence-corrected chi connectivity index (χ0v) is 20.1. The van der Waals surface area contributed by atoms with Gasteiger partial charge in [-0.05, 0) is 43.5 Å². The fourth-order valence-corrected chi connectivity index (χ4v) is 5.40. The highest BCUT2D eigenvalue weighted by molar-refractivity contribution is 7.99. The molecule has 0 radical (unpaired) electrons. The number of nitrogens with one attached hydrogen (secondary N) is 2. The standard InChI is InChI=1S/C24H26N6O5S/c25-12-6-5-9-17-23(32)29(24(33)28-17)19(21(26)31)13-15-14-7-1-2-8-16(14)27-22(15)36-20-11-4-3-10-18(20)30(34)35/h1-4,7-8,10-11,17,19,27H,5-6,9,12-13,25H2,(H2,26,31)(H,28,33)/t17-,19-/m0/s1. The van der Waals surface area contributed by atoms with Crippen molar-refractivity contribution in [3.63, 3.8) is 0 Å². The maximum Gasteiger partial charge on any atom is 0.325 e. The molecule has 36 heavy (non-hydrogen) atoms. The predicted octanol–water partition coefficient (Wildman–Crippen LogP) is 2.67. The summed E-state index contributed by atoms with van der Waals surface area (Å²) in [5.41, 5.74) is 12.5. The Hall–Kier alpha value is -3.90. The summed E-state index contributed by atoms with van der Waals surface area (Å²) >= 11 is 1.14. The smallest absolute Gasteiger partial charge is 0.325 e. The Morgan fingerprint density at radius 3 is 2.58 bits per heavy atom. The number of carbonyl (C=O) groups is 3. The third kappa shape index (κ3) is 5.04. The van der Waals surface area contributed by atoms with E-state index in [0.717, 1.165) is 27.6 Å². The molecule has 2 aromatic carbocycles. The van der Waals surface area contributed by atoms with Crippen LogP contribution < -0.4 is 16.8 Å². The molecule has 2 heterocycles. The minimum atomic E-state index is -1.23. The molecule has 188 valence electrons. The Balaban J connectivity index is 1.69. The Kier molecular flexibility index (Phi) is 7.55. The summed E-state index contributed by atoms with van der Waals surface area (Å²) in [6.45, 7) is 0.475. The van der Waals surface area contributed by atoms with Gasteiger partial charge in [-0.15, -0.1) is 0 Å². The summed E-state index contributed by atoms with van der Waals surface area (Å²) in [6, 6.07) is 11.0. The molecule has 0 saturated carbocycles. The van der Waals surface area contributed by atoms with E-state index in [1.165, 1.54) is 6.07 Å². The molecule has 2 atom stereocenters. The number of amides is 4. The maximum atomic E-state index is 13.1. The van der Waals surface area contributed by atoms with Crippen LogP contribution in [0.15, 0.2) is 58.5 Å². The van der Waals surface area contributed by atoms with Crippen LogP contribution >= 0.6 is 11.8 Å². The molecule has 4 rings (SSSR count). The molecule has 6 N–H and O–H groups in total. The van der Waals surface area contributed by atoms with Gasteiger partial charge in [0.25, 0.3) is 11.6 Å². The van der Waals surface area contributed by atoms with Gasteiger partial charge in [0.2, 0.25) is 5.91 Å². The molecule has 1 aromatic heterocycles. The molecule has 0 spiro atoms. The van der Waals surface area contributed by atoms with E-state index in [9.17, 15) is 24.5 Å². The SMILES string of the molecule is NCCCC[C@@H]1NC(=O)N([C@@H](Cc2c(Sc3ccccc3[N+](=O)[O-])[nH]c3ccccc23)C(N)=O)C1=O. The molecule has 1 aliphatic rings. The van der Waals surface area contributed by atoms with Gasteiger partial charge in [-0.1, -0.05) is 42.1 Å². The van der Waals surface area contributed by atoms with Gasteiger partial charge in [-0.25, -0.2) is 9.69 Å². The summed E-state index contributed by atoms with van der Waals surface area (Å²) in [4.78, 5) is 54.0. The van der Waals surface area contributed by atoms with Crippen LogP contribution in [0.25, 0.3) is 10.9 Å². The molecule has 11 nitrogen and oxygen atoms in total. The molecule has 0 aliphatic carbocycles. The van der Waals surface area contributed by atoms with Crippen LogP contribution in [0.5, 0.6) is 0 Å². The number of carbonyl (C=O) groups excluding carboxylic acids is 3. The Labute approximate surface area is 210 Å². The number of primary amides is 1. The zero-order valence-electron chi connectivity index (χ0n) is 19.3. The van der Waals surface area contributed by atoms with Gasteiger partial charge in [0.1, 0.15) is 12.1 Å². The van der Waals surface area contributed by atoms with Crippen molar-refractivity contribution < 1.29 is 19.3 Å². The maximum absolute atomic E-state index is 13.1. The number of hydrogen-bond donors (Lipinski definition) is 4. The van der Waals surface area contributed by atoms with Crippen LogP contribution in [0.1, 0.15) is 24.8 Å². The lowest BCUT2D eigenvalue weighted by Crippen LogP contribution is -2.49.